The highest BCUT2D eigenvalue weighted by Crippen LogP contribution is 2.09. The van der Waals surface area contributed by atoms with Gasteiger partial charge in [0.1, 0.15) is 0 Å². The van der Waals surface area contributed by atoms with Gasteiger partial charge >= 0.3 is 5.97 Å². The molecule has 3 nitrogen and oxygen atoms in total. The number of carboxylic acid groups (broad SMARTS) is 1. The molecule has 0 heterocycles. The third-order valence-corrected chi connectivity index (χ3v) is 1.90. The van der Waals surface area contributed by atoms with Crippen LogP contribution in [0.5, 0.6) is 0 Å². The van der Waals surface area contributed by atoms with Crippen LogP contribution in [0, 0.1) is 5.92 Å². The van der Waals surface area contributed by atoms with E-state index in [1.165, 1.54) is 0 Å². The summed E-state index contributed by atoms with van der Waals surface area (Å²) in [6.07, 6.45) is -0.255. The van der Waals surface area contributed by atoms with E-state index in [4.69, 9.17) is 9.84 Å². The van der Waals surface area contributed by atoms with E-state index in [-0.39, 0.29) is 6.10 Å². The second-order valence-corrected chi connectivity index (χ2v) is 2.65. The van der Waals surface area contributed by atoms with Gasteiger partial charge in [-0.25, -0.2) is 0 Å². The molecule has 0 amide bonds. The van der Waals surface area contributed by atoms with Crippen LogP contribution in [0.1, 0.15) is 13.8 Å². The molecule has 0 aromatic heterocycles. The van der Waals surface area contributed by atoms with Crippen LogP contribution in [0.25, 0.3) is 0 Å². The summed E-state index contributed by atoms with van der Waals surface area (Å²) in [5, 5.41) is 8.64. The molecular formula is C7H14O3S. The number of hydrogen-bond donors (Lipinski definition) is 2. The molecule has 0 spiro atoms. The van der Waals surface area contributed by atoms with Crippen molar-refractivity contribution in [1.82, 2.24) is 0 Å². The second-order valence-electron chi connectivity index (χ2n) is 2.29. The van der Waals surface area contributed by atoms with E-state index in [2.05, 4.69) is 12.6 Å². The smallest absolute Gasteiger partial charge is 0.309 e. The molecule has 1 N–H and O–H groups in total. The molecule has 0 aliphatic carbocycles. The Bertz CT molecular complexity index is 127. The molecule has 66 valence electrons. The Morgan fingerprint density at radius 2 is 2.27 bits per heavy atom. The van der Waals surface area contributed by atoms with E-state index in [1.54, 1.807) is 6.92 Å². The molecule has 2 atom stereocenters. The summed E-state index contributed by atoms with van der Waals surface area (Å²) in [6.45, 7) is 4.13. The van der Waals surface area contributed by atoms with Gasteiger partial charge in [0.15, 0.2) is 0 Å². The molecule has 2 unspecified atom stereocenters. The van der Waals surface area contributed by atoms with Gasteiger partial charge in [0, 0.05) is 12.4 Å². The minimum absolute atomic E-state index is 0.255. The number of hydrogen-bond acceptors (Lipinski definition) is 3. The number of thiol groups is 1. The summed E-state index contributed by atoms with van der Waals surface area (Å²) in [7, 11) is 0. The Balaban J connectivity index is 3.91. The van der Waals surface area contributed by atoms with Crippen LogP contribution in [-0.2, 0) is 9.53 Å². The topological polar surface area (TPSA) is 46.5 Å². The van der Waals surface area contributed by atoms with Gasteiger partial charge in [0.25, 0.3) is 0 Å². The van der Waals surface area contributed by atoms with Gasteiger partial charge in [0.2, 0.25) is 0 Å². The van der Waals surface area contributed by atoms with Gasteiger partial charge < -0.3 is 9.84 Å². The molecule has 0 aromatic carbocycles. The van der Waals surface area contributed by atoms with Crippen molar-refractivity contribution in [3.05, 3.63) is 0 Å². The Labute approximate surface area is 72.2 Å². The first-order valence-corrected chi connectivity index (χ1v) is 4.22. The maximum Gasteiger partial charge on any atom is 0.309 e. The largest absolute Gasteiger partial charge is 0.481 e. The lowest BCUT2D eigenvalue weighted by atomic mass is 10.1. The Kier molecular flexibility index (Phi) is 5.32. The van der Waals surface area contributed by atoms with E-state index in [1.807, 2.05) is 6.92 Å². The number of carboxylic acids is 1. The van der Waals surface area contributed by atoms with Crippen molar-refractivity contribution in [2.24, 2.45) is 5.92 Å². The lowest BCUT2D eigenvalue weighted by molar-refractivity contribution is -0.145. The zero-order chi connectivity index (χ0) is 8.85. The summed E-state index contributed by atoms with van der Waals surface area (Å²) in [6, 6.07) is 0. The van der Waals surface area contributed by atoms with Crippen LogP contribution in [0.15, 0.2) is 0 Å². The fourth-order valence-electron chi connectivity index (χ4n) is 0.806. The van der Waals surface area contributed by atoms with Crippen LogP contribution in [0.3, 0.4) is 0 Å². The highest BCUT2D eigenvalue weighted by molar-refractivity contribution is 7.80. The highest BCUT2D eigenvalue weighted by atomic mass is 32.1. The number of ether oxygens (including phenoxy) is 1. The molecule has 0 aliphatic heterocycles. The number of carbonyl (C=O) groups is 1. The summed E-state index contributed by atoms with van der Waals surface area (Å²) in [5.41, 5.74) is 0. The van der Waals surface area contributed by atoms with E-state index in [9.17, 15) is 4.79 Å². The Morgan fingerprint density at radius 1 is 1.73 bits per heavy atom. The van der Waals surface area contributed by atoms with Crippen molar-refractivity contribution < 1.29 is 14.6 Å². The summed E-state index contributed by atoms with van der Waals surface area (Å²) < 4.78 is 5.13. The van der Waals surface area contributed by atoms with Crippen molar-refractivity contribution in [3.63, 3.8) is 0 Å². The fraction of sp³-hybridized carbons (Fsp3) is 0.857. The van der Waals surface area contributed by atoms with Gasteiger partial charge in [0.05, 0.1) is 12.0 Å². The van der Waals surface area contributed by atoms with Crippen molar-refractivity contribution in [2.75, 3.05) is 12.4 Å². The lowest BCUT2D eigenvalue weighted by Gasteiger charge is -2.17. The third kappa shape index (κ3) is 3.62. The highest BCUT2D eigenvalue weighted by Gasteiger charge is 2.22. The molecule has 0 saturated heterocycles. The second kappa shape index (κ2) is 5.43. The van der Waals surface area contributed by atoms with E-state index >= 15 is 0 Å². The summed E-state index contributed by atoms with van der Waals surface area (Å²) in [4.78, 5) is 10.5. The van der Waals surface area contributed by atoms with Gasteiger partial charge in [-0.3, -0.25) is 4.79 Å². The maximum absolute atomic E-state index is 10.5. The number of rotatable bonds is 5. The zero-order valence-corrected chi connectivity index (χ0v) is 7.67. The Hall–Kier alpha value is -0.220. The van der Waals surface area contributed by atoms with E-state index in [0.717, 1.165) is 0 Å². The van der Waals surface area contributed by atoms with E-state index < -0.39 is 11.9 Å². The summed E-state index contributed by atoms with van der Waals surface area (Å²) in [5.74, 6) is -1.03. The molecule has 0 aromatic rings. The average molecular weight is 178 g/mol. The van der Waals surface area contributed by atoms with Crippen molar-refractivity contribution in [1.29, 1.82) is 0 Å². The molecule has 4 heteroatoms. The quantitative estimate of drug-likeness (QED) is 0.618. The van der Waals surface area contributed by atoms with Gasteiger partial charge in [-0.05, 0) is 13.8 Å². The fourth-order valence-corrected chi connectivity index (χ4v) is 1.26. The molecule has 0 radical (unpaired) electrons. The average Bonchev–Trinajstić information content (AvgIpc) is 1.88. The van der Waals surface area contributed by atoms with Gasteiger partial charge in [-0.15, -0.1) is 0 Å². The van der Waals surface area contributed by atoms with Crippen LogP contribution in [0.4, 0.5) is 0 Å². The van der Waals surface area contributed by atoms with Crippen LogP contribution in [0.2, 0.25) is 0 Å². The monoisotopic (exact) mass is 178 g/mol. The van der Waals surface area contributed by atoms with Crippen LogP contribution in [-0.4, -0.2) is 29.5 Å². The Morgan fingerprint density at radius 3 is 2.55 bits per heavy atom. The predicted molar refractivity (Wildman–Crippen MR) is 46.1 cm³/mol. The van der Waals surface area contributed by atoms with Crippen molar-refractivity contribution in [2.45, 2.75) is 20.0 Å². The van der Waals surface area contributed by atoms with Crippen molar-refractivity contribution in [3.8, 4) is 0 Å². The zero-order valence-electron chi connectivity index (χ0n) is 6.78. The lowest BCUT2D eigenvalue weighted by Crippen LogP contribution is -2.29. The first kappa shape index (κ1) is 10.8. The molecule has 0 bridgehead atoms. The maximum atomic E-state index is 10.5. The van der Waals surface area contributed by atoms with Crippen molar-refractivity contribution >= 4 is 18.6 Å². The SMILES string of the molecule is CCOC(C)C(CS)C(=O)O. The van der Waals surface area contributed by atoms with E-state index in [0.29, 0.717) is 12.4 Å². The number of aliphatic carboxylic acids is 1. The molecule has 11 heavy (non-hydrogen) atoms. The molecule has 0 rings (SSSR count). The third-order valence-electron chi connectivity index (χ3n) is 1.51. The molecule has 0 saturated carbocycles. The van der Waals surface area contributed by atoms with Gasteiger partial charge in [-0.2, -0.15) is 12.6 Å². The summed E-state index contributed by atoms with van der Waals surface area (Å²) >= 11 is 3.93. The standard InChI is InChI=1S/C7H14O3S/c1-3-10-5(2)6(4-11)7(8)9/h5-6,11H,3-4H2,1-2H3,(H,8,9). The van der Waals surface area contributed by atoms with Crippen LogP contribution < -0.4 is 0 Å². The molecular weight excluding hydrogens is 164 g/mol. The predicted octanol–water partition coefficient (Wildman–Crippen LogP) is 1.04. The first-order valence-electron chi connectivity index (χ1n) is 3.58. The molecule has 0 fully saturated rings. The minimum atomic E-state index is -0.846. The first-order chi connectivity index (χ1) is 5.13. The van der Waals surface area contributed by atoms with Crippen LogP contribution >= 0.6 is 12.6 Å². The normalized spacial score (nSPS) is 15.9. The molecule has 0 aliphatic rings. The minimum Gasteiger partial charge on any atom is -0.481 e. The van der Waals surface area contributed by atoms with Gasteiger partial charge in [-0.1, -0.05) is 0 Å².